The number of para-hydroxylation sites is 3. The number of carbonyl (C=O) groups excluding carboxylic acids is 1. The first kappa shape index (κ1) is 17.5. The van der Waals surface area contributed by atoms with Gasteiger partial charge in [-0.05, 0) is 37.5 Å². The molecule has 2 aliphatic rings. The topological polar surface area (TPSA) is 68.8 Å². The number of fused-ring (bicyclic) bond motifs is 1. The summed E-state index contributed by atoms with van der Waals surface area (Å²) in [4.78, 5) is 12.1. The molecule has 2 amide bonds. The molecule has 1 heterocycles. The second kappa shape index (κ2) is 8.20. The van der Waals surface area contributed by atoms with Gasteiger partial charge in [-0.15, -0.1) is 0 Å². The van der Waals surface area contributed by atoms with Crippen molar-refractivity contribution in [3.8, 4) is 17.2 Å². The molecule has 27 heavy (non-hydrogen) atoms. The molecule has 6 heteroatoms. The second-order valence-electron chi connectivity index (χ2n) is 6.84. The molecule has 0 bridgehead atoms. The fraction of sp³-hybridized carbons (Fsp3) is 0.381. The summed E-state index contributed by atoms with van der Waals surface area (Å²) in [6.07, 6.45) is 3.54. The summed E-state index contributed by atoms with van der Waals surface area (Å²) in [7, 11) is 0. The highest BCUT2D eigenvalue weighted by atomic mass is 16.6. The zero-order valence-electron chi connectivity index (χ0n) is 15.1. The number of urea groups is 1. The Balaban J connectivity index is 1.23. The fourth-order valence-corrected chi connectivity index (χ4v) is 3.04. The molecule has 1 saturated carbocycles. The van der Waals surface area contributed by atoms with Crippen molar-refractivity contribution in [3.63, 3.8) is 0 Å². The first-order valence-corrected chi connectivity index (χ1v) is 9.42. The highest BCUT2D eigenvalue weighted by molar-refractivity contribution is 5.74. The summed E-state index contributed by atoms with van der Waals surface area (Å²) in [6.45, 7) is 1.20. The molecule has 1 atom stereocenters. The number of ether oxygens (including phenoxy) is 3. The van der Waals surface area contributed by atoms with E-state index in [1.165, 1.54) is 6.42 Å². The van der Waals surface area contributed by atoms with Crippen molar-refractivity contribution in [2.75, 3.05) is 13.2 Å². The third kappa shape index (κ3) is 4.45. The molecule has 0 radical (unpaired) electrons. The van der Waals surface area contributed by atoms with E-state index < -0.39 is 0 Å². The molecule has 0 saturated heterocycles. The monoisotopic (exact) mass is 368 g/mol. The van der Waals surface area contributed by atoms with Gasteiger partial charge < -0.3 is 24.8 Å². The zero-order chi connectivity index (χ0) is 18.5. The predicted octanol–water partition coefficient (Wildman–Crippen LogP) is 3.26. The maximum Gasteiger partial charge on any atom is 0.315 e. The van der Waals surface area contributed by atoms with E-state index in [-0.39, 0.29) is 12.1 Å². The Hall–Kier alpha value is -2.89. The lowest BCUT2D eigenvalue weighted by Gasteiger charge is -2.27. The fourth-order valence-electron chi connectivity index (χ4n) is 3.04. The minimum Gasteiger partial charge on any atom is -0.490 e. The minimum absolute atomic E-state index is 0.208. The number of rotatable bonds is 6. The Morgan fingerprint density at radius 3 is 2.63 bits per heavy atom. The van der Waals surface area contributed by atoms with E-state index in [4.69, 9.17) is 14.2 Å². The highest BCUT2D eigenvalue weighted by Gasteiger charge is 2.22. The summed E-state index contributed by atoms with van der Waals surface area (Å²) in [5.41, 5.74) is 0.978. The van der Waals surface area contributed by atoms with E-state index in [1.54, 1.807) is 0 Å². The van der Waals surface area contributed by atoms with E-state index in [1.807, 2.05) is 48.5 Å². The smallest absolute Gasteiger partial charge is 0.315 e. The lowest BCUT2D eigenvalue weighted by atomic mass is 9.96. The Morgan fingerprint density at radius 1 is 1.04 bits per heavy atom. The van der Waals surface area contributed by atoms with Crippen LogP contribution in [0.1, 0.15) is 24.8 Å². The summed E-state index contributed by atoms with van der Waals surface area (Å²) in [5.74, 6) is 2.29. The molecule has 0 aromatic heterocycles. The number of amides is 2. The van der Waals surface area contributed by atoms with Crippen molar-refractivity contribution >= 4 is 6.03 Å². The van der Waals surface area contributed by atoms with E-state index in [0.717, 1.165) is 29.9 Å². The molecule has 2 aromatic rings. The Kier molecular flexibility index (Phi) is 5.32. The predicted molar refractivity (Wildman–Crippen MR) is 101 cm³/mol. The Morgan fingerprint density at radius 2 is 1.81 bits per heavy atom. The standard InChI is InChI=1S/C21H24N2O4/c24-21(23-13-17-14-25-19-10-3-4-11-20(19)27-17)22-12-15-6-1-2-9-18(15)26-16-7-5-8-16/h1-4,6,9-11,16-17H,5,7-8,12-14H2,(H2,22,23,24). The van der Waals surface area contributed by atoms with Crippen LogP contribution in [-0.2, 0) is 6.54 Å². The van der Waals surface area contributed by atoms with E-state index in [9.17, 15) is 4.79 Å². The average molecular weight is 368 g/mol. The van der Waals surface area contributed by atoms with Crippen LogP contribution in [-0.4, -0.2) is 31.4 Å². The Bertz CT molecular complexity index is 791. The van der Waals surface area contributed by atoms with E-state index >= 15 is 0 Å². The van der Waals surface area contributed by atoms with Crippen LogP contribution in [0.25, 0.3) is 0 Å². The van der Waals surface area contributed by atoms with Gasteiger partial charge in [-0.1, -0.05) is 30.3 Å². The summed E-state index contributed by atoms with van der Waals surface area (Å²) < 4.78 is 17.5. The van der Waals surface area contributed by atoms with Gasteiger partial charge in [0.15, 0.2) is 17.6 Å². The average Bonchev–Trinajstić information content (AvgIpc) is 2.68. The third-order valence-corrected chi connectivity index (χ3v) is 4.82. The van der Waals surface area contributed by atoms with Gasteiger partial charge in [0.2, 0.25) is 0 Å². The Labute approximate surface area is 158 Å². The number of benzene rings is 2. The van der Waals surface area contributed by atoms with Crippen LogP contribution >= 0.6 is 0 Å². The lowest BCUT2D eigenvalue weighted by molar-refractivity contribution is 0.0918. The first-order valence-electron chi connectivity index (χ1n) is 9.42. The number of carbonyl (C=O) groups is 1. The summed E-state index contributed by atoms with van der Waals surface area (Å²) in [5, 5.41) is 5.72. The van der Waals surface area contributed by atoms with Crippen LogP contribution < -0.4 is 24.8 Å². The van der Waals surface area contributed by atoms with Crippen LogP contribution in [0.15, 0.2) is 48.5 Å². The van der Waals surface area contributed by atoms with Crippen LogP contribution in [0.4, 0.5) is 4.79 Å². The quantitative estimate of drug-likeness (QED) is 0.821. The summed E-state index contributed by atoms with van der Waals surface area (Å²) >= 11 is 0. The van der Waals surface area contributed by atoms with Crippen molar-refractivity contribution in [2.45, 2.75) is 38.0 Å². The first-order chi connectivity index (χ1) is 13.3. The van der Waals surface area contributed by atoms with Gasteiger partial charge in [-0.25, -0.2) is 4.79 Å². The molecule has 142 valence electrons. The van der Waals surface area contributed by atoms with Gasteiger partial charge in [-0.2, -0.15) is 0 Å². The van der Waals surface area contributed by atoms with E-state index in [2.05, 4.69) is 10.6 Å². The molecular weight excluding hydrogens is 344 g/mol. The molecule has 1 aliphatic carbocycles. The molecule has 1 fully saturated rings. The van der Waals surface area contributed by atoms with E-state index in [0.29, 0.717) is 31.5 Å². The van der Waals surface area contributed by atoms with Crippen LogP contribution in [0.5, 0.6) is 17.2 Å². The molecule has 1 aliphatic heterocycles. The highest BCUT2D eigenvalue weighted by Crippen LogP contribution is 2.30. The SMILES string of the molecule is O=C(NCc1ccccc1OC1CCC1)NCC1COc2ccccc2O1. The molecule has 4 rings (SSSR count). The molecule has 1 unspecified atom stereocenters. The van der Waals surface area contributed by atoms with Gasteiger partial charge in [0.1, 0.15) is 12.4 Å². The van der Waals surface area contributed by atoms with Crippen molar-refractivity contribution in [2.24, 2.45) is 0 Å². The minimum atomic E-state index is -0.240. The van der Waals surface area contributed by atoms with Gasteiger partial charge in [-0.3, -0.25) is 0 Å². The van der Waals surface area contributed by atoms with Crippen LogP contribution in [0.3, 0.4) is 0 Å². The van der Waals surface area contributed by atoms with Crippen molar-refractivity contribution < 1.29 is 19.0 Å². The maximum atomic E-state index is 12.1. The van der Waals surface area contributed by atoms with Crippen molar-refractivity contribution in [3.05, 3.63) is 54.1 Å². The van der Waals surface area contributed by atoms with Gasteiger partial charge in [0.25, 0.3) is 0 Å². The second-order valence-corrected chi connectivity index (χ2v) is 6.84. The van der Waals surface area contributed by atoms with Crippen LogP contribution in [0, 0.1) is 0 Å². The number of hydrogen-bond donors (Lipinski definition) is 2. The van der Waals surface area contributed by atoms with Gasteiger partial charge in [0.05, 0.1) is 12.6 Å². The zero-order valence-corrected chi connectivity index (χ0v) is 15.1. The normalized spacial score (nSPS) is 18.3. The lowest BCUT2D eigenvalue weighted by Crippen LogP contribution is -2.44. The van der Waals surface area contributed by atoms with Crippen molar-refractivity contribution in [1.29, 1.82) is 0 Å². The van der Waals surface area contributed by atoms with Gasteiger partial charge >= 0.3 is 6.03 Å². The molecule has 6 nitrogen and oxygen atoms in total. The number of hydrogen-bond acceptors (Lipinski definition) is 4. The summed E-state index contributed by atoms with van der Waals surface area (Å²) in [6, 6.07) is 15.1. The van der Waals surface area contributed by atoms with Gasteiger partial charge in [0, 0.05) is 12.1 Å². The van der Waals surface area contributed by atoms with Crippen LogP contribution in [0.2, 0.25) is 0 Å². The maximum absolute atomic E-state index is 12.1. The largest absolute Gasteiger partial charge is 0.490 e. The molecule has 0 spiro atoms. The number of nitrogens with one attached hydrogen (secondary N) is 2. The molecule has 2 aromatic carbocycles. The molecule has 2 N–H and O–H groups in total. The van der Waals surface area contributed by atoms with Crippen molar-refractivity contribution in [1.82, 2.24) is 10.6 Å². The molecular formula is C21H24N2O4. The third-order valence-electron chi connectivity index (χ3n) is 4.82.